The zero-order chi connectivity index (χ0) is 21.8. The summed E-state index contributed by atoms with van der Waals surface area (Å²) < 4.78 is 38.8. The minimum absolute atomic E-state index is 0.0344. The van der Waals surface area contributed by atoms with E-state index in [4.69, 9.17) is 0 Å². The fraction of sp³-hybridized carbons (Fsp3) is 0.238. The van der Waals surface area contributed by atoms with Gasteiger partial charge in [0.2, 0.25) is 0 Å². The van der Waals surface area contributed by atoms with Crippen molar-refractivity contribution in [3.8, 4) is 0 Å². The molecule has 0 bridgehead atoms. The maximum Gasteiger partial charge on any atom is 0.416 e. The first-order valence-corrected chi connectivity index (χ1v) is 9.62. The molecule has 31 heavy (non-hydrogen) atoms. The van der Waals surface area contributed by atoms with E-state index in [0.29, 0.717) is 43.6 Å². The fourth-order valence-electron chi connectivity index (χ4n) is 3.31. The van der Waals surface area contributed by atoms with Crippen LogP contribution >= 0.6 is 0 Å². The van der Waals surface area contributed by atoms with Crippen LogP contribution in [-0.4, -0.2) is 51.9 Å². The molecule has 1 amide bonds. The summed E-state index contributed by atoms with van der Waals surface area (Å²) in [6.45, 7) is 1.76. The van der Waals surface area contributed by atoms with E-state index in [2.05, 4.69) is 20.3 Å². The molecule has 4 rings (SSSR count). The minimum Gasteiger partial charge on any atom is -0.353 e. The first-order valence-electron chi connectivity index (χ1n) is 9.62. The summed E-state index contributed by atoms with van der Waals surface area (Å²) in [6.07, 6.45) is -1.37. The normalized spacial score (nSPS) is 14.4. The van der Waals surface area contributed by atoms with Crippen LogP contribution in [0.1, 0.15) is 15.9 Å². The van der Waals surface area contributed by atoms with Crippen LogP contribution < -0.4 is 10.2 Å². The predicted molar refractivity (Wildman–Crippen MR) is 109 cm³/mol. The van der Waals surface area contributed by atoms with Crippen molar-refractivity contribution in [1.82, 2.24) is 19.9 Å². The minimum atomic E-state index is -4.48. The zero-order valence-electron chi connectivity index (χ0n) is 16.4. The topological polar surface area (TPSA) is 74.2 Å². The summed E-state index contributed by atoms with van der Waals surface area (Å²) >= 11 is 0. The number of alkyl halides is 3. The fourth-order valence-corrected chi connectivity index (χ4v) is 3.31. The van der Waals surface area contributed by atoms with Crippen LogP contribution in [0.4, 0.5) is 30.6 Å². The highest BCUT2D eigenvalue weighted by atomic mass is 19.4. The van der Waals surface area contributed by atoms with Crippen LogP contribution in [0.5, 0.6) is 0 Å². The van der Waals surface area contributed by atoms with E-state index < -0.39 is 17.6 Å². The first-order chi connectivity index (χ1) is 14.9. The van der Waals surface area contributed by atoms with Gasteiger partial charge in [0.15, 0.2) is 0 Å². The Labute approximate surface area is 176 Å². The molecule has 1 aliphatic rings. The highest BCUT2D eigenvalue weighted by Gasteiger charge is 2.31. The molecule has 0 unspecified atom stereocenters. The van der Waals surface area contributed by atoms with Gasteiger partial charge in [-0.25, -0.2) is 15.0 Å². The average Bonchev–Trinajstić information content (AvgIpc) is 2.79. The number of aromatic nitrogens is 3. The molecule has 2 aromatic heterocycles. The van der Waals surface area contributed by atoms with Crippen molar-refractivity contribution in [3.63, 3.8) is 0 Å². The van der Waals surface area contributed by atoms with Crippen LogP contribution in [0.25, 0.3) is 0 Å². The number of benzene rings is 1. The van der Waals surface area contributed by atoms with E-state index in [0.717, 1.165) is 12.1 Å². The monoisotopic (exact) mass is 428 g/mol. The van der Waals surface area contributed by atoms with Gasteiger partial charge >= 0.3 is 6.18 Å². The van der Waals surface area contributed by atoms with Gasteiger partial charge in [-0.1, -0.05) is 12.1 Å². The lowest BCUT2D eigenvalue weighted by Crippen LogP contribution is -2.49. The van der Waals surface area contributed by atoms with E-state index in [1.807, 2.05) is 23.1 Å². The molecule has 10 heteroatoms. The number of rotatable bonds is 4. The van der Waals surface area contributed by atoms with Crippen molar-refractivity contribution >= 4 is 23.4 Å². The molecule has 3 heterocycles. The largest absolute Gasteiger partial charge is 0.416 e. The number of carbonyl (C=O) groups excluding carboxylic acids is 1. The summed E-state index contributed by atoms with van der Waals surface area (Å²) in [5, 5.41) is 3.10. The van der Waals surface area contributed by atoms with Crippen molar-refractivity contribution in [2.24, 2.45) is 0 Å². The second-order valence-corrected chi connectivity index (χ2v) is 6.96. The third kappa shape index (κ3) is 4.90. The number of nitrogens with one attached hydrogen (secondary N) is 1. The molecule has 1 saturated heterocycles. The molecule has 7 nitrogen and oxygen atoms in total. The third-order valence-electron chi connectivity index (χ3n) is 4.90. The molecule has 3 aromatic rings. The number of hydrogen-bond donors (Lipinski definition) is 1. The number of anilines is 3. The number of hydrogen-bond acceptors (Lipinski definition) is 6. The molecule has 0 atom stereocenters. The van der Waals surface area contributed by atoms with Crippen molar-refractivity contribution in [3.05, 3.63) is 72.2 Å². The molecular weight excluding hydrogens is 409 g/mol. The molecule has 1 N–H and O–H groups in total. The smallest absolute Gasteiger partial charge is 0.353 e. The highest BCUT2D eigenvalue weighted by Crippen LogP contribution is 2.30. The number of pyridine rings is 1. The Hall–Kier alpha value is -3.69. The summed E-state index contributed by atoms with van der Waals surface area (Å²) in [5.74, 6) is 1.53. The Kier molecular flexibility index (Phi) is 5.70. The lowest BCUT2D eigenvalue weighted by atomic mass is 10.1. The van der Waals surface area contributed by atoms with E-state index in [1.54, 1.807) is 17.2 Å². The van der Waals surface area contributed by atoms with Gasteiger partial charge in [-0.05, 0) is 30.3 Å². The van der Waals surface area contributed by atoms with Gasteiger partial charge in [0, 0.05) is 44.0 Å². The zero-order valence-corrected chi connectivity index (χ0v) is 16.4. The number of amides is 1. The van der Waals surface area contributed by atoms with Gasteiger partial charge in [-0.3, -0.25) is 4.79 Å². The molecular formula is C21H19F3N6O. The van der Waals surface area contributed by atoms with Crippen molar-refractivity contribution in [2.45, 2.75) is 6.18 Å². The van der Waals surface area contributed by atoms with Crippen molar-refractivity contribution < 1.29 is 18.0 Å². The van der Waals surface area contributed by atoms with Crippen LogP contribution in [0.3, 0.4) is 0 Å². The van der Waals surface area contributed by atoms with Gasteiger partial charge in [-0.2, -0.15) is 13.2 Å². The lowest BCUT2D eigenvalue weighted by Gasteiger charge is -2.35. The van der Waals surface area contributed by atoms with E-state index in [-0.39, 0.29) is 5.56 Å². The third-order valence-corrected chi connectivity index (χ3v) is 4.90. The Balaban J connectivity index is 1.40. The molecule has 1 fully saturated rings. The molecule has 1 aliphatic heterocycles. The van der Waals surface area contributed by atoms with E-state index >= 15 is 0 Å². The van der Waals surface area contributed by atoms with Gasteiger partial charge in [0.25, 0.3) is 5.91 Å². The lowest BCUT2D eigenvalue weighted by molar-refractivity contribution is -0.137. The average molecular weight is 428 g/mol. The first kappa shape index (κ1) is 20.6. The van der Waals surface area contributed by atoms with Crippen molar-refractivity contribution in [2.75, 3.05) is 36.4 Å². The van der Waals surface area contributed by atoms with Gasteiger partial charge < -0.3 is 15.1 Å². The quantitative estimate of drug-likeness (QED) is 0.685. The molecule has 0 radical (unpaired) electrons. The number of halogens is 3. The van der Waals surface area contributed by atoms with Gasteiger partial charge in [-0.15, -0.1) is 0 Å². The summed E-state index contributed by atoms with van der Waals surface area (Å²) in [4.78, 5) is 28.9. The van der Waals surface area contributed by atoms with Crippen LogP contribution in [-0.2, 0) is 6.18 Å². The Morgan fingerprint density at radius 1 is 0.903 bits per heavy atom. The summed E-state index contributed by atoms with van der Waals surface area (Å²) in [5.41, 5.74) is -0.793. The second-order valence-electron chi connectivity index (χ2n) is 6.96. The Bertz CT molecular complexity index is 1050. The maximum absolute atomic E-state index is 12.9. The Morgan fingerprint density at radius 3 is 2.42 bits per heavy atom. The number of nitrogens with zero attached hydrogens (tertiary/aromatic N) is 5. The van der Waals surface area contributed by atoms with Crippen LogP contribution in [0.15, 0.2) is 61.1 Å². The molecule has 160 valence electrons. The van der Waals surface area contributed by atoms with Gasteiger partial charge in [0.05, 0.1) is 5.56 Å². The number of piperazine rings is 1. The van der Waals surface area contributed by atoms with Crippen LogP contribution in [0, 0.1) is 0 Å². The van der Waals surface area contributed by atoms with E-state index in [9.17, 15) is 18.0 Å². The molecule has 0 spiro atoms. The van der Waals surface area contributed by atoms with E-state index in [1.165, 1.54) is 18.5 Å². The van der Waals surface area contributed by atoms with Crippen LogP contribution in [0.2, 0.25) is 0 Å². The van der Waals surface area contributed by atoms with Gasteiger partial charge in [0.1, 0.15) is 23.8 Å². The summed E-state index contributed by atoms with van der Waals surface area (Å²) in [7, 11) is 0. The standard InChI is InChI=1S/C21H19F3N6O/c22-21(23,24)16-5-3-4-15(12-16)20(31)30-10-8-29(9-11-30)19-13-18(26-14-27-19)28-17-6-1-2-7-25-17/h1-7,12-14H,8-11H2,(H,25,26,27,28). The Morgan fingerprint density at radius 2 is 1.71 bits per heavy atom. The SMILES string of the molecule is O=C(c1cccc(C(F)(F)F)c1)N1CCN(c2cc(Nc3ccccn3)ncn2)CC1. The molecule has 0 aliphatic carbocycles. The predicted octanol–water partition coefficient (Wildman–Crippen LogP) is 3.60. The number of carbonyl (C=O) groups is 1. The molecule has 0 saturated carbocycles. The second kappa shape index (κ2) is 8.58. The highest BCUT2D eigenvalue weighted by molar-refractivity contribution is 5.94. The summed E-state index contributed by atoms with van der Waals surface area (Å²) in [6, 6.07) is 11.8. The maximum atomic E-state index is 12.9. The van der Waals surface area contributed by atoms with Crippen molar-refractivity contribution in [1.29, 1.82) is 0 Å². The molecule has 1 aromatic carbocycles.